The number of allylic oxidation sites excluding steroid dienone is 2. The minimum absolute atomic E-state index is 0.142. The van der Waals surface area contributed by atoms with Crippen molar-refractivity contribution >= 4 is 10.1 Å². The highest BCUT2D eigenvalue weighted by Crippen LogP contribution is 2.45. The lowest BCUT2D eigenvalue weighted by atomic mass is 9.81. The van der Waals surface area contributed by atoms with E-state index in [9.17, 15) is 8.42 Å². The summed E-state index contributed by atoms with van der Waals surface area (Å²) in [5.74, 6) is 1.11. The molecular weight excluding hydrogens is 312 g/mol. The number of fused-ring (bicyclic) bond motifs is 1. The Morgan fingerprint density at radius 2 is 1.87 bits per heavy atom. The fraction of sp³-hybridized carbons (Fsp3) is 0.556. The highest BCUT2D eigenvalue weighted by atomic mass is 32.2. The zero-order valence-corrected chi connectivity index (χ0v) is 14.2. The Bertz CT molecular complexity index is 638. The van der Waals surface area contributed by atoms with E-state index in [1.807, 2.05) is 30.3 Å². The zero-order valence-electron chi connectivity index (χ0n) is 13.4. The molecule has 4 atom stereocenters. The topological polar surface area (TPSA) is 52.6 Å². The maximum atomic E-state index is 11.6. The molecule has 1 fully saturated rings. The molecule has 2 aliphatic carbocycles. The summed E-state index contributed by atoms with van der Waals surface area (Å²) in [7, 11) is -3.44. The Hall–Kier alpha value is -1.17. The van der Waals surface area contributed by atoms with Crippen molar-refractivity contribution in [3.8, 4) is 0 Å². The van der Waals surface area contributed by atoms with E-state index in [1.165, 1.54) is 0 Å². The molecule has 2 aliphatic rings. The molecule has 23 heavy (non-hydrogen) atoms. The Morgan fingerprint density at radius 3 is 2.61 bits per heavy atom. The van der Waals surface area contributed by atoms with Crippen molar-refractivity contribution in [2.75, 3.05) is 12.9 Å². The van der Waals surface area contributed by atoms with Crippen LogP contribution in [0.3, 0.4) is 0 Å². The van der Waals surface area contributed by atoms with E-state index in [2.05, 4.69) is 12.2 Å². The monoisotopic (exact) mass is 336 g/mol. The van der Waals surface area contributed by atoms with Crippen LogP contribution in [-0.4, -0.2) is 27.4 Å². The van der Waals surface area contributed by atoms with Crippen LogP contribution in [-0.2, 0) is 25.6 Å². The van der Waals surface area contributed by atoms with Crippen molar-refractivity contribution in [3.63, 3.8) is 0 Å². The Balaban J connectivity index is 1.63. The third kappa shape index (κ3) is 4.43. The molecule has 1 aromatic carbocycles. The van der Waals surface area contributed by atoms with Gasteiger partial charge in [0.1, 0.15) is 0 Å². The van der Waals surface area contributed by atoms with E-state index in [0.29, 0.717) is 25.0 Å². The third-order valence-electron chi connectivity index (χ3n) is 4.90. The molecule has 0 heterocycles. The summed E-state index contributed by atoms with van der Waals surface area (Å²) in [4.78, 5) is 0. The first-order chi connectivity index (χ1) is 11.0. The summed E-state index contributed by atoms with van der Waals surface area (Å²) in [6.45, 7) is 1.10. The van der Waals surface area contributed by atoms with Crippen LogP contribution in [0.25, 0.3) is 0 Å². The predicted molar refractivity (Wildman–Crippen MR) is 89.3 cm³/mol. The quantitative estimate of drug-likeness (QED) is 0.591. The first-order valence-corrected chi connectivity index (χ1v) is 9.99. The Morgan fingerprint density at radius 1 is 1.13 bits per heavy atom. The summed E-state index contributed by atoms with van der Waals surface area (Å²) >= 11 is 0. The third-order valence-corrected chi connectivity index (χ3v) is 5.50. The van der Waals surface area contributed by atoms with Gasteiger partial charge in [0.05, 0.1) is 25.6 Å². The van der Waals surface area contributed by atoms with Crippen LogP contribution in [0.15, 0.2) is 42.5 Å². The minimum atomic E-state index is -3.44. The van der Waals surface area contributed by atoms with E-state index in [4.69, 9.17) is 8.92 Å². The van der Waals surface area contributed by atoms with Gasteiger partial charge in [-0.05, 0) is 36.7 Å². The Labute approximate surface area is 138 Å². The zero-order chi connectivity index (χ0) is 16.3. The van der Waals surface area contributed by atoms with Gasteiger partial charge < -0.3 is 4.74 Å². The number of hydrogen-bond donors (Lipinski definition) is 0. The fourth-order valence-corrected chi connectivity index (χ4v) is 4.56. The molecule has 1 saturated carbocycles. The summed E-state index contributed by atoms with van der Waals surface area (Å²) in [5.41, 5.74) is 1.13. The van der Waals surface area contributed by atoms with E-state index in [0.717, 1.165) is 31.1 Å². The molecule has 3 rings (SSSR count). The van der Waals surface area contributed by atoms with Crippen LogP contribution in [0.2, 0.25) is 0 Å². The van der Waals surface area contributed by atoms with Crippen LogP contribution >= 0.6 is 0 Å². The van der Waals surface area contributed by atoms with E-state index in [-0.39, 0.29) is 12.0 Å². The van der Waals surface area contributed by atoms with Crippen molar-refractivity contribution < 1.29 is 17.3 Å². The summed E-state index contributed by atoms with van der Waals surface area (Å²) in [6.07, 6.45) is 8.10. The van der Waals surface area contributed by atoms with Crippen molar-refractivity contribution in [1.29, 1.82) is 0 Å². The van der Waals surface area contributed by atoms with E-state index in [1.54, 1.807) is 0 Å². The average Bonchev–Trinajstić information content (AvgIpc) is 2.84. The van der Waals surface area contributed by atoms with Gasteiger partial charge in [0.2, 0.25) is 0 Å². The lowest BCUT2D eigenvalue weighted by molar-refractivity contribution is 0.0317. The number of hydrogen-bond acceptors (Lipinski definition) is 4. The fourth-order valence-electron chi connectivity index (χ4n) is 3.89. The molecule has 0 amide bonds. The molecule has 0 N–H and O–H groups in total. The lowest BCUT2D eigenvalue weighted by Crippen LogP contribution is -2.29. The van der Waals surface area contributed by atoms with Crippen molar-refractivity contribution in [2.24, 2.45) is 17.8 Å². The summed E-state index contributed by atoms with van der Waals surface area (Å²) in [5, 5.41) is 0. The van der Waals surface area contributed by atoms with Crippen LogP contribution in [0.1, 0.15) is 24.8 Å². The van der Waals surface area contributed by atoms with Gasteiger partial charge in [-0.25, -0.2) is 0 Å². The first-order valence-electron chi connectivity index (χ1n) is 8.18. The molecule has 5 heteroatoms. The van der Waals surface area contributed by atoms with Crippen LogP contribution in [0.5, 0.6) is 0 Å². The van der Waals surface area contributed by atoms with E-state index >= 15 is 0 Å². The molecular formula is C18H24O4S. The molecule has 0 saturated heterocycles. The molecule has 0 aromatic heterocycles. The molecule has 0 radical (unpaired) electrons. The molecule has 0 unspecified atom stereocenters. The second-order valence-electron chi connectivity index (χ2n) is 6.61. The smallest absolute Gasteiger partial charge is 0.264 e. The number of rotatable bonds is 6. The molecule has 0 aliphatic heterocycles. The first kappa shape index (κ1) is 16.7. The Kier molecular flexibility index (Phi) is 5.19. The van der Waals surface area contributed by atoms with Gasteiger partial charge in [-0.2, -0.15) is 8.42 Å². The molecule has 126 valence electrons. The number of ether oxygens (including phenoxy) is 1. The predicted octanol–water partition coefficient (Wildman–Crippen LogP) is 3.15. The van der Waals surface area contributed by atoms with Crippen LogP contribution < -0.4 is 0 Å². The van der Waals surface area contributed by atoms with Gasteiger partial charge in [0.25, 0.3) is 10.1 Å². The normalized spacial score (nSPS) is 30.3. The maximum Gasteiger partial charge on any atom is 0.264 e. The van der Waals surface area contributed by atoms with Gasteiger partial charge in [0, 0.05) is 5.92 Å². The summed E-state index contributed by atoms with van der Waals surface area (Å²) in [6, 6.07) is 10.0. The van der Waals surface area contributed by atoms with Crippen molar-refractivity contribution in [1.82, 2.24) is 0 Å². The SMILES string of the molecule is CS(=O)(=O)O[C@@H]1C[C@@H]2CC=CC[C@H]2[C@@H]1COCc1ccccc1. The van der Waals surface area contributed by atoms with Crippen molar-refractivity contribution in [3.05, 3.63) is 48.0 Å². The van der Waals surface area contributed by atoms with E-state index < -0.39 is 10.1 Å². The van der Waals surface area contributed by atoms with Gasteiger partial charge in [-0.15, -0.1) is 0 Å². The standard InChI is InChI=1S/C18H24O4S/c1-23(19,20)22-18-11-15-9-5-6-10-16(15)17(18)13-21-12-14-7-3-2-4-8-14/h2-8,15-18H,9-13H2,1H3/t15-,16+,17-,18+/m0/s1. The second kappa shape index (κ2) is 7.16. The van der Waals surface area contributed by atoms with Gasteiger partial charge in [-0.1, -0.05) is 42.5 Å². The van der Waals surface area contributed by atoms with Gasteiger partial charge in [-0.3, -0.25) is 4.18 Å². The van der Waals surface area contributed by atoms with Gasteiger partial charge in [0.15, 0.2) is 0 Å². The van der Waals surface area contributed by atoms with Crippen molar-refractivity contribution in [2.45, 2.75) is 32.0 Å². The molecule has 0 bridgehead atoms. The summed E-state index contributed by atoms with van der Waals surface area (Å²) < 4.78 is 34.4. The number of benzene rings is 1. The van der Waals surface area contributed by atoms with Gasteiger partial charge >= 0.3 is 0 Å². The highest BCUT2D eigenvalue weighted by molar-refractivity contribution is 7.86. The highest BCUT2D eigenvalue weighted by Gasteiger charge is 2.45. The maximum absolute atomic E-state index is 11.6. The largest absolute Gasteiger partial charge is 0.376 e. The molecule has 1 aromatic rings. The minimum Gasteiger partial charge on any atom is -0.376 e. The molecule has 4 nitrogen and oxygen atoms in total. The second-order valence-corrected chi connectivity index (χ2v) is 8.21. The molecule has 0 spiro atoms. The lowest BCUT2D eigenvalue weighted by Gasteiger charge is -2.27. The average molecular weight is 336 g/mol. The van der Waals surface area contributed by atoms with Crippen LogP contribution in [0, 0.1) is 17.8 Å². The van der Waals surface area contributed by atoms with Crippen LogP contribution in [0.4, 0.5) is 0 Å².